The number of fused-ring (bicyclic) bond motifs is 1. The summed E-state index contributed by atoms with van der Waals surface area (Å²) in [6, 6.07) is 1.67. The second-order valence-electron chi connectivity index (χ2n) is 5.11. The molecular weight excluding hydrogens is 259 g/mol. The summed E-state index contributed by atoms with van der Waals surface area (Å²) in [5, 5.41) is 6.69. The summed E-state index contributed by atoms with van der Waals surface area (Å²) in [5.74, 6) is -0.723. The average molecular weight is 271 g/mol. The van der Waals surface area contributed by atoms with Crippen LogP contribution in [0.3, 0.4) is 0 Å². The van der Waals surface area contributed by atoms with Gasteiger partial charge in [-0.25, -0.2) is 4.98 Å². The highest BCUT2D eigenvalue weighted by Gasteiger charge is 2.39. The second-order valence-corrected chi connectivity index (χ2v) is 5.11. The maximum absolute atomic E-state index is 12.6. The van der Waals surface area contributed by atoms with Crippen molar-refractivity contribution >= 4 is 11.6 Å². The van der Waals surface area contributed by atoms with Gasteiger partial charge in [0.05, 0.1) is 0 Å². The van der Waals surface area contributed by atoms with Crippen LogP contribution in [0, 0.1) is 6.92 Å². The van der Waals surface area contributed by atoms with Gasteiger partial charge in [0.2, 0.25) is 0 Å². The molecule has 0 bridgehead atoms. The Labute approximate surface area is 106 Å². The van der Waals surface area contributed by atoms with Crippen molar-refractivity contribution in [2.75, 3.05) is 5.32 Å². The first kappa shape index (κ1) is 12.2. The van der Waals surface area contributed by atoms with Crippen molar-refractivity contribution < 1.29 is 13.2 Å². The Bertz CT molecular complexity index is 642. The number of hydrogen-bond donors (Lipinski definition) is 1. The van der Waals surface area contributed by atoms with Crippen LogP contribution in [0.2, 0.25) is 0 Å². The van der Waals surface area contributed by atoms with Crippen LogP contribution in [-0.2, 0) is 6.18 Å². The minimum absolute atomic E-state index is 0.0425. The lowest BCUT2D eigenvalue weighted by atomic mass is 10.3. The lowest BCUT2D eigenvalue weighted by Gasteiger charge is -2.14. The molecule has 1 fully saturated rings. The Morgan fingerprint density at radius 1 is 1.32 bits per heavy atom. The Morgan fingerprint density at radius 3 is 2.58 bits per heavy atom. The molecule has 3 rings (SSSR count). The molecule has 0 unspecified atom stereocenters. The molecule has 0 aromatic carbocycles. The van der Waals surface area contributed by atoms with E-state index in [1.807, 2.05) is 6.92 Å². The van der Waals surface area contributed by atoms with E-state index in [1.165, 1.54) is 0 Å². The smallest absolute Gasteiger partial charge is 0.365 e. The molecule has 1 aliphatic rings. The molecule has 1 aliphatic carbocycles. The highest BCUT2D eigenvalue weighted by molar-refractivity contribution is 5.48. The van der Waals surface area contributed by atoms with Crippen molar-refractivity contribution in [3.05, 3.63) is 17.6 Å². The van der Waals surface area contributed by atoms with Crippen molar-refractivity contribution in [3.8, 4) is 0 Å². The van der Waals surface area contributed by atoms with Gasteiger partial charge in [0, 0.05) is 17.3 Å². The molecule has 0 aliphatic heterocycles. The summed E-state index contributed by atoms with van der Waals surface area (Å²) in [4.78, 5) is 7.40. The predicted octanol–water partition coefficient (Wildman–Crippen LogP) is 2.42. The Balaban J connectivity index is 2.12. The van der Waals surface area contributed by atoms with Gasteiger partial charge in [-0.3, -0.25) is 0 Å². The second kappa shape index (κ2) is 3.58. The van der Waals surface area contributed by atoms with Gasteiger partial charge in [0.25, 0.3) is 11.6 Å². The highest BCUT2D eigenvalue weighted by Crippen LogP contribution is 2.38. The van der Waals surface area contributed by atoms with Crippen molar-refractivity contribution in [1.29, 1.82) is 0 Å². The molecule has 0 amide bonds. The van der Waals surface area contributed by atoms with E-state index in [0.717, 1.165) is 17.4 Å². The zero-order chi connectivity index (χ0) is 13.8. The van der Waals surface area contributed by atoms with Gasteiger partial charge in [0.1, 0.15) is 5.82 Å². The summed E-state index contributed by atoms with van der Waals surface area (Å²) in [7, 11) is 0. The SMILES string of the molecule is Cc1cc(NC2(C)CC2)n2nc(C(F)(F)F)nc2n1. The van der Waals surface area contributed by atoms with E-state index in [4.69, 9.17) is 0 Å². The molecular formula is C11H12F3N5. The van der Waals surface area contributed by atoms with Crippen molar-refractivity contribution in [1.82, 2.24) is 19.6 Å². The lowest BCUT2D eigenvalue weighted by Crippen LogP contribution is -2.19. The lowest BCUT2D eigenvalue weighted by molar-refractivity contribution is -0.144. The molecule has 0 spiro atoms. The molecule has 2 heterocycles. The monoisotopic (exact) mass is 271 g/mol. The summed E-state index contributed by atoms with van der Waals surface area (Å²) >= 11 is 0. The van der Waals surface area contributed by atoms with E-state index in [1.54, 1.807) is 13.0 Å². The molecule has 102 valence electrons. The molecule has 5 nitrogen and oxygen atoms in total. The van der Waals surface area contributed by atoms with E-state index in [0.29, 0.717) is 11.5 Å². The molecule has 1 saturated carbocycles. The fourth-order valence-corrected chi connectivity index (χ4v) is 1.82. The van der Waals surface area contributed by atoms with Gasteiger partial charge in [-0.05, 0) is 26.7 Å². The number of aromatic nitrogens is 4. The van der Waals surface area contributed by atoms with Crippen LogP contribution >= 0.6 is 0 Å². The molecule has 19 heavy (non-hydrogen) atoms. The quantitative estimate of drug-likeness (QED) is 0.911. The normalized spacial score (nSPS) is 17.7. The van der Waals surface area contributed by atoms with Crippen LogP contribution in [0.4, 0.5) is 19.0 Å². The summed E-state index contributed by atoms with van der Waals surface area (Å²) in [6.45, 7) is 3.72. The first-order chi connectivity index (χ1) is 8.77. The maximum Gasteiger partial charge on any atom is 0.453 e. The van der Waals surface area contributed by atoms with Crippen LogP contribution in [0.15, 0.2) is 6.07 Å². The number of nitrogens with zero attached hydrogens (tertiary/aromatic N) is 4. The van der Waals surface area contributed by atoms with Gasteiger partial charge < -0.3 is 5.32 Å². The van der Waals surface area contributed by atoms with Gasteiger partial charge in [0.15, 0.2) is 0 Å². The fourth-order valence-electron chi connectivity index (χ4n) is 1.82. The molecule has 1 N–H and O–H groups in total. The van der Waals surface area contributed by atoms with Crippen LogP contribution < -0.4 is 5.32 Å². The Hall–Kier alpha value is -1.86. The summed E-state index contributed by atoms with van der Waals surface area (Å²) < 4.78 is 39.0. The van der Waals surface area contributed by atoms with Gasteiger partial charge in [-0.2, -0.15) is 22.7 Å². The predicted molar refractivity (Wildman–Crippen MR) is 61.8 cm³/mol. The Kier molecular flexibility index (Phi) is 2.30. The molecule has 0 radical (unpaired) electrons. The fraction of sp³-hybridized carbons (Fsp3) is 0.545. The van der Waals surface area contributed by atoms with E-state index in [2.05, 4.69) is 20.4 Å². The number of alkyl halides is 3. The van der Waals surface area contributed by atoms with Crippen molar-refractivity contribution in [2.24, 2.45) is 0 Å². The van der Waals surface area contributed by atoms with E-state index >= 15 is 0 Å². The van der Waals surface area contributed by atoms with Crippen molar-refractivity contribution in [3.63, 3.8) is 0 Å². The first-order valence-corrected chi connectivity index (χ1v) is 5.87. The largest absolute Gasteiger partial charge is 0.453 e. The molecule has 0 saturated heterocycles. The van der Waals surface area contributed by atoms with E-state index in [-0.39, 0.29) is 11.3 Å². The van der Waals surface area contributed by atoms with Crippen molar-refractivity contribution in [2.45, 2.75) is 38.4 Å². The average Bonchev–Trinajstić information content (AvgIpc) is 2.83. The molecule has 8 heteroatoms. The zero-order valence-electron chi connectivity index (χ0n) is 10.4. The number of halogens is 3. The number of anilines is 1. The van der Waals surface area contributed by atoms with Crippen LogP contribution in [0.25, 0.3) is 5.78 Å². The van der Waals surface area contributed by atoms with Crippen LogP contribution in [-0.4, -0.2) is 25.1 Å². The molecule has 2 aromatic heterocycles. The first-order valence-electron chi connectivity index (χ1n) is 5.87. The third-order valence-corrected chi connectivity index (χ3v) is 3.12. The number of rotatable bonds is 2. The zero-order valence-corrected chi connectivity index (χ0v) is 10.4. The molecule has 0 atom stereocenters. The summed E-state index contributed by atoms with van der Waals surface area (Å²) in [5.41, 5.74) is 0.533. The molecule has 2 aromatic rings. The van der Waals surface area contributed by atoms with Gasteiger partial charge in [-0.15, -0.1) is 5.10 Å². The van der Waals surface area contributed by atoms with Gasteiger partial charge in [-0.1, -0.05) is 0 Å². The van der Waals surface area contributed by atoms with E-state index < -0.39 is 12.0 Å². The summed E-state index contributed by atoms with van der Waals surface area (Å²) in [6.07, 6.45) is -2.60. The minimum Gasteiger partial charge on any atom is -0.365 e. The number of aryl methyl sites for hydroxylation is 1. The number of hydrogen-bond acceptors (Lipinski definition) is 4. The van der Waals surface area contributed by atoms with E-state index in [9.17, 15) is 13.2 Å². The third kappa shape index (κ3) is 2.22. The minimum atomic E-state index is -4.57. The topological polar surface area (TPSA) is 55.1 Å². The standard InChI is InChI=1S/C11H12F3N5/c1-6-5-7(17-10(2)3-4-10)19-9(15-6)16-8(18-19)11(12,13)14/h5,17H,3-4H2,1-2H3. The maximum atomic E-state index is 12.6. The highest BCUT2D eigenvalue weighted by atomic mass is 19.4. The van der Waals surface area contributed by atoms with Crippen LogP contribution in [0.1, 0.15) is 31.3 Å². The number of nitrogens with one attached hydrogen (secondary N) is 1. The van der Waals surface area contributed by atoms with Gasteiger partial charge >= 0.3 is 6.18 Å². The van der Waals surface area contributed by atoms with Crippen LogP contribution in [0.5, 0.6) is 0 Å². The third-order valence-electron chi connectivity index (χ3n) is 3.12. The Morgan fingerprint density at radius 2 is 2.00 bits per heavy atom.